The van der Waals surface area contributed by atoms with Crippen LogP contribution in [0.1, 0.15) is 22.2 Å². The minimum atomic E-state index is -4.39. The number of rotatable bonds is 5. The van der Waals surface area contributed by atoms with Crippen molar-refractivity contribution in [2.45, 2.75) is 32.4 Å². The number of hydrogen-bond acceptors (Lipinski definition) is 5. The van der Waals surface area contributed by atoms with Gasteiger partial charge in [0.2, 0.25) is 0 Å². The number of halogens is 3. The molecule has 0 amide bonds. The van der Waals surface area contributed by atoms with Crippen LogP contribution in [0.3, 0.4) is 0 Å². The number of hydrogen-bond donors (Lipinski definition) is 0. The van der Waals surface area contributed by atoms with Crippen LogP contribution in [0.4, 0.5) is 13.2 Å². The lowest BCUT2D eigenvalue weighted by molar-refractivity contribution is -0.0328. The molecule has 0 aliphatic rings. The second-order valence-corrected chi connectivity index (χ2v) is 6.86. The normalized spacial score (nSPS) is 12.0. The molecule has 10 heteroatoms. The molecule has 2 aromatic heterocycles. The first-order valence-electron chi connectivity index (χ1n) is 6.63. The molecule has 0 saturated carbocycles. The number of aromatic nitrogens is 2. The standard InChI is InChI=1S/C13H13F3N2O3S2/c1-3-17-10(20)9-7(2)8(6-19)23-11(9)18(12(17)21)4-5-22-13(14,15)16/h6H,3-5H2,1-2H3. The second-order valence-electron chi connectivity index (χ2n) is 4.67. The number of aryl methyl sites for hydroxylation is 2. The summed E-state index contributed by atoms with van der Waals surface area (Å²) in [6.07, 6.45) is 0.578. The summed E-state index contributed by atoms with van der Waals surface area (Å²) in [7, 11) is 0. The fraction of sp³-hybridized carbons (Fsp3) is 0.462. The van der Waals surface area contributed by atoms with Gasteiger partial charge in [-0.2, -0.15) is 13.2 Å². The second kappa shape index (κ2) is 6.52. The summed E-state index contributed by atoms with van der Waals surface area (Å²) in [5, 5.41) is 0.218. The lowest BCUT2D eigenvalue weighted by Gasteiger charge is -2.11. The molecular weight excluding hydrogens is 353 g/mol. The van der Waals surface area contributed by atoms with Crippen LogP contribution in [-0.2, 0) is 13.1 Å². The first-order valence-corrected chi connectivity index (χ1v) is 8.44. The number of aldehydes is 1. The van der Waals surface area contributed by atoms with E-state index in [-0.39, 0.29) is 40.8 Å². The van der Waals surface area contributed by atoms with Gasteiger partial charge < -0.3 is 0 Å². The lowest BCUT2D eigenvalue weighted by Crippen LogP contribution is -2.39. The van der Waals surface area contributed by atoms with Crippen LogP contribution in [0.15, 0.2) is 9.59 Å². The summed E-state index contributed by atoms with van der Waals surface area (Å²) >= 11 is 0.715. The Balaban J connectivity index is 2.65. The first-order chi connectivity index (χ1) is 10.7. The maximum atomic E-state index is 12.4. The summed E-state index contributed by atoms with van der Waals surface area (Å²) in [6.45, 7) is 3.10. The monoisotopic (exact) mass is 366 g/mol. The third-order valence-electron chi connectivity index (χ3n) is 3.33. The van der Waals surface area contributed by atoms with Gasteiger partial charge in [-0.3, -0.25) is 18.7 Å². The van der Waals surface area contributed by atoms with Gasteiger partial charge in [0.05, 0.1) is 10.3 Å². The topological polar surface area (TPSA) is 61.1 Å². The highest BCUT2D eigenvalue weighted by Gasteiger charge is 2.28. The Labute approximate surface area is 136 Å². The predicted molar refractivity (Wildman–Crippen MR) is 84.7 cm³/mol. The van der Waals surface area contributed by atoms with Gasteiger partial charge in [-0.05, 0) is 31.2 Å². The maximum absolute atomic E-state index is 12.4. The van der Waals surface area contributed by atoms with Crippen LogP contribution in [-0.4, -0.2) is 26.7 Å². The third kappa shape index (κ3) is 3.37. The molecule has 23 heavy (non-hydrogen) atoms. The van der Waals surface area contributed by atoms with Crippen molar-refractivity contribution >= 4 is 39.6 Å². The fourth-order valence-electron chi connectivity index (χ4n) is 2.25. The average molecular weight is 366 g/mol. The van der Waals surface area contributed by atoms with Gasteiger partial charge in [0.15, 0.2) is 6.29 Å². The molecule has 0 aliphatic carbocycles. The van der Waals surface area contributed by atoms with Crippen LogP contribution in [0.2, 0.25) is 0 Å². The van der Waals surface area contributed by atoms with Crippen molar-refractivity contribution in [2.24, 2.45) is 0 Å². The summed E-state index contributed by atoms with van der Waals surface area (Å²) in [6, 6.07) is 0. The highest BCUT2D eigenvalue weighted by atomic mass is 32.2. The Morgan fingerprint density at radius 3 is 2.43 bits per heavy atom. The smallest absolute Gasteiger partial charge is 0.297 e. The third-order valence-corrected chi connectivity index (χ3v) is 5.29. The zero-order chi connectivity index (χ0) is 17.4. The molecule has 0 aromatic carbocycles. The van der Waals surface area contributed by atoms with Gasteiger partial charge in [-0.15, -0.1) is 11.3 Å². The van der Waals surface area contributed by atoms with Crippen LogP contribution >= 0.6 is 23.1 Å². The number of thiophene rings is 1. The first kappa shape index (κ1) is 17.8. The number of fused-ring (bicyclic) bond motifs is 1. The van der Waals surface area contributed by atoms with E-state index in [1.165, 1.54) is 0 Å². The predicted octanol–water partition coefficient (Wildman–Crippen LogP) is 2.62. The fourth-order valence-corrected chi connectivity index (χ4v) is 3.89. The van der Waals surface area contributed by atoms with E-state index in [1.807, 2.05) is 0 Å². The van der Waals surface area contributed by atoms with E-state index in [4.69, 9.17) is 0 Å². The number of thioether (sulfide) groups is 1. The molecule has 0 radical (unpaired) electrons. The van der Waals surface area contributed by atoms with E-state index in [2.05, 4.69) is 0 Å². The van der Waals surface area contributed by atoms with Crippen molar-refractivity contribution in [3.8, 4) is 0 Å². The zero-order valence-corrected chi connectivity index (χ0v) is 13.9. The van der Waals surface area contributed by atoms with E-state index >= 15 is 0 Å². The molecule has 126 valence electrons. The highest BCUT2D eigenvalue weighted by molar-refractivity contribution is 8.00. The Morgan fingerprint density at radius 2 is 1.91 bits per heavy atom. The Hall–Kier alpha value is -1.55. The molecule has 0 atom stereocenters. The zero-order valence-electron chi connectivity index (χ0n) is 12.3. The lowest BCUT2D eigenvalue weighted by atomic mass is 10.2. The summed E-state index contributed by atoms with van der Waals surface area (Å²) < 4.78 is 39.0. The quantitative estimate of drug-likeness (QED) is 0.764. The van der Waals surface area contributed by atoms with Gasteiger partial charge in [-0.25, -0.2) is 4.79 Å². The van der Waals surface area contributed by atoms with Gasteiger partial charge in [0, 0.05) is 18.8 Å². The molecule has 0 fully saturated rings. The average Bonchev–Trinajstić information content (AvgIpc) is 2.79. The summed E-state index contributed by atoms with van der Waals surface area (Å²) in [4.78, 5) is 36.3. The largest absolute Gasteiger partial charge is 0.441 e. The van der Waals surface area contributed by atoms with E-state index in [9.17, 15) is 27.6 Å². The molecule has 5 nitrogen and oxygen atoms in total. The minimum Gasteiger partial charge on any atom is -0.297 e. The summed E-state index contributed by atoms with van der Waals surface area (Å²) in [5.41, 5.74) is -5.12. The van der Waals surface area contributed by atoms with Crippen LogP contribution in [0.25, 0.3) is 10.2 Å². The Kier molecular flexibility index (Phi) is 5.04. The van der Waals surface area contributed by atoms with Gasteiger partial charge in [-0.1, -0.05) is 0 Å². The van der Waals surface area contributed by atoms with E-state index in [1.54, 1.807) is 13.8 Å². The van der Waals surface area contributed by atoms with Crippen molar-refractivity contribution in [3.63, 3.8) is 0 Å². The minimum absolute atomic E-state index is 0.103. The van der Waals surface area contributed by atoms with E-state index < -0.39 is 16.8 Å². The van der Waals surface area contributed by atoms with Gasteiger partial charge in [0.25, 0.3) is 5.56 Å². The van der Waals surface area contributed by atoms with E-state index in [0.29, 0.717) is 16.7 Å². The number of alkyl halides is 3. The molecule has 2 aromatic rings. The van der Waals surface area contributed by atoms with Crippen molar-refractivity contribution in [3.05, 3.63) is 31.3 Å². The van der Waals surface area contributed by atoms with Crippen molar-refractivity contribution in [1.82, 2.24) is 9.13 Å². The molecule has 2 heterocycles. The highest BCUT2D eigenvalue weighted by Crippen LogP contribution is 2.31. The van der Waals surface area contributed by atoms with Gasteiger partial charge in [0.1, 0.15) is 4.83 Å². The van der Waals surface area contributed by atoms with Crippen molar-refractivity contribution in [1.29, 1.82) is 0 Å². The Bertz CT molecular complexity index is 864. The van der Waals surface area contributed by atoms with Crippen molar-refractivity contribution in [2.75, 3.05) is 5.75 Å². The number of carbonyl (C=O) groups excluding carboxylic acids is 1. The number of nitrogens with zero attached hydrogens (tertiary/aromatic N) is 2. The Morgan fingerprint density at radius 1 is 1.26 bits per heavy atom. The van der Waals surface area contributed by atoms with Gasteiger partial charge >= 0.3 is 11.2 Å². The maximum Gasteiger partial charge on any atom is 0.441 e. The van der Waals surface area contributed by atoms with Crippen LogP contribution < -0.4 is 11.2 Å². The SMILES string of the molecule is CCn1c(=O)c2c(C)c(C=O)sc2n(CCSC(F)(F)F)c1=O. The van der Waals surface area contributed by atoms with Crippen LogP contribution in [0.5, 0.6) is 0 Å². The van der Waals surface area contributed by atoms with Crippen LogP contribution in [0, 0.1) is 6.92 Å². The summed E-state index contributed by atoms with van der Waals surface area (Å²) in [5.74, 6) is -0.353. The van der Waals surface area contributed by atoms with E-state index in [0.717, 1.165) is 20.5 Å². The molecule has 0 unspecified atom stereocenters. The molecule has 0 N–H and O–H groups in total. The number of carbonyl (C=O) groups is 1. The van der Waals surface area contributed by atoms with Crippen molar-refractivity contribution < 1.29 is 18.0 Å². The molecule has 0 spiro atoms. The molecule has 0 aliphatic heterocycles. The molecule has 0 saturated heterocycles. The molecule has 0 bridgehead atoms. The molecule has 2 rings (SSSR count). The molecular formula is C13H13F3N2O3S2.